The largest absolute Gasteiger partial charge is 0.392 e. The zero-order chi connectivity index (χ0) is 13.4. The molecule has 1 aliphatic heterocycles. The smallest absolute Gasteiger partial charge is 0.236 e. The molecule has 1 saturated heterocycles. The van der Waals surface area contributed by atoms with E-state index in [0.717, 1.165) is 38.8 Å². The van der Waals surface area contributed by atoms with E-state index in [9.17, 15) is 9.90 Å². The van der Waals surface area contributed by atoms with E-state index in [0.29, 0.717) is 19.0 Å². The van der Waals surface area contributed by atoms with Crippen molar-refractivity contribution in [3.05, 3.63) is 0 Å². The van der Waals surface area contributed by atoms with Crippen LogP contribution in [0.2, 0.25) is 0 Å². The topological polar surface area (TPSA) is 52.6 Å². The Balaban J connectivity index is 2.18. The molecule has 4 nitrogen and oxygen atoms in total. The van der Waals surface area contributed by atoms with Crippen LogP contribution >= 0.6 is 0 Å². The summed E-state index contributed by atoms with van der Waals surface area (Å²) in [5.41, 5.74) is 0. The van der Waals surface area contributed by atoms with Crippen molar-refractivity contribution in [2.45, 2.75) is 52.1 Å². The van der Waals surface area contributed by atoms with Gasteiger partial charge in [-0.2, -0.15) is 0 Å². The number of nitrogens with one attached hydrogen (secondary N) is 1. The van der Waals surface area contributed by atoms with E-state index in [1.165, 1.54) is 6.42 Å². The summed E-state index contributed by atoms with van der Waals surface area (Å²) in [5, 5.41) is 13.0. The molecule has 0 aromatic rings. The van der Waals surface area contributed by atoms with Gasteiger partial charge in [-0.1, -0.05) is 26.7 Å². The first kappa shape index (κ1) is 15.4. The zero-order valence-corrected chi connectivity index (χ0v) is 11.8. The van der Waals surface area contributed by atoms with Crippen LogP contribution in [0.4, 0.5) is 0 Å². The number of rotatable bonds is 7. The molecule has 1 amide bonds. The summed E-state index contributed by atoms with van der Waals surface area (Å²) in [6.45, 7) is 6.86. The molecular formula is C14H28N2O2. The van der Waals surface area contributed by atoms with Crippen LogP contribution in [0.5, 0.6) is 0 Å². The molecular weight excluding hydrogens is 228 g/mol. The maximum atomic E-state index is 11.9. The highest BCUT2D eigenvalue weighted by Gasteiger charge is 2.18. The van der Waals surface area contributed by atoms with Gasteiger partial charge in [0.2, 0.25) is 5.91 Å². The molecule has 1 rings (SSSR count). The average molecular weight is 256 g/mol. The summed E-state index contributed by atoms with van der Waals surface area (Å²) in [7, 11) is 0. The van der Waals surface area contributed by atoms with Crippen molar-refractivity contribution in [3.8, 4) is 0 Å². The van der Waals surface area contributed by atoms with Crippen molar-refractivity contribution >= 4 is 5.91 Å². The van der Waals surface area contributed by atoms with Crippen molar-refractivity contribution in [2.24, 2.45) is 5.92 Å². The summed E-state index contributed by atoms with van der Waals surface area (Å²) < 4.78 is 0. The SMILES string of the molecule is CCC(CC)C(O)CNCC(=O)N1CCCCC1. The third-order valence-electron chi connectivity index (χ3n) is 3.93. The Labute approximate surface area is 111 Å². The van der Waals surface area contributed by atoms with Crippen molar-refractivity contribution in [3.63, 3.8) is 0 Å². The second kappa shape index (κ2) is 8.48. The standard InChI is InChI=1S/C14H28N2O2/c1-3-12(4-2)13(17)10-15-11-14(18)16-8-6-5-7-9-16/h12-13,15,17H,3-11H2,1-2H3. The van der Waals surface area contributed by atoms with Crippen LogP contribution in [0.25, 0.3) is 0 Å². The molecule has 18 heavy (non-hydrogen) atoms. The number of aliphatic hydroxyl groups is 1. The molecule has 0 saturated carbocycles. The predicted molar refractivity (Wildman–Crippen MR) is 73.4 cm³/mol. The molecule has 0 aromatic carbocycles. The predicted octanol–water partition coefficient (Wildman–Crippen LogP) is 1.39. The van der Waals surface area contributed by atoms with Crippen LogP contribution in [0, 0.1) is 5.92 Å². The molecule has 0 spiro atoms. The first-order valence-corrected chi connectivity index (χ1v) is 7.35. The van der Waals surface area contributed by atoms with Crippen molar-refractivity contribution in [1.29, 1.82) is 0 Å². The minimum atomic E-state index is -0.339. The lowest BCUT2D eigenvalue weighted by atomic mass is 9.96. The van der Waals surface area contributed by atoms with Crippen LogP contribution in [-0.4, -0.2) is 48.2 Å². The second-order valence-corrected chi connectivity index (χ2v) is 5.22. The molecule has 1 fully saturated rings. The van der Waals surface area contributed by atoms with E-state index in [2.05, 4.69) is 19.2 Å². The molecule has 0 radical (unpaired) electrons. The molecule has 0 bridgehead atoms. The van der Waals surface area contributed by atoms with Gasteiger partial charge in [0, 0.05) is 19.6 Å². The highest BCUT2D eigenvalue weighted by Crippen LogP contribution is 2.12. The van der Waals surface area contributed by atoms with E-state index < -0.39 is 0 Å². The number of hydrogen-bond donors (Lipinski definition) is 2. The lowest BCUT2D eigenvalue weighted by molar-refractivity contribution is -0.131. The lowest BCUT2D eigenvalue weighted by Gasteiger charge is -2.27. The van der Waals surface area contributed by atoms with E-state index in [1.807, 2.05) is 4.90 Å². The minimum absolute atomic E-state index is 0.173. The average Bonchev–Trinajstić information content (AvgIpc) is 2.41. The summed E-state index contributed by atoms with van der Waals surface area (Å²) in [5.74, 6) is 0.508. The van der Waals surface area contributed by atoms with Gasteiger partial charge in [-0.3, -0.25) is 4.79 Å². The molecule has 0 aliphatic carbocycles. The quantitative estimate of drug-likeness (QED) is 0.723. The highest BCUT2D eigenvalue weighted by molar-refractivity contribution is 5.78. The van der Waals surface area contributed by atoms with Gasteiger partial charge in [-0.25, -0.2) is 0 Å². The Hall–Kier alpha value is -0.610. The molecule has 106 valence electrons. The summed E-state index contributed by atoms with van der Waals surface area (Å²) >= 11 is 0. The van der Waals surface area contributed by atoms with Gasteiger partial charge in [0.05, 0.1) is 12.6 Å². The Morgan fingerprint density at radius 3 is 2.39 bits per heavy atom. The van der Waals surface area contributed by atoms with Crippen LogP contribution in [0.1, 0.15) is 46.0 Å². The Kier molecular flexibility index (Phi) is 7.28. The van der Waals surface area contributed by atoms with Crippen molar-refractivity contribution < 1.29 is 9.90 Å². The van der Waals surface area contributed by atoms with Gasteiger partial charge >= 0.3 is 0 Å². The minimum Gasteiger partial charge on any atom is -0.392 e. The molecule has 1 unspecified atom stereocenters. The summed E-state index contributed by atoms with van der Waals surface area (Å²) in [4.78, 5) is 13.8. The van der Waals surface area contributed by atoms with E-state index in [1.54, 1.807) is 0 Å². The van der Waals surface area contributed by atoms with Gasteiger partial charge < -0.3 is 15.3 Å². The molecule has 1 aliphatic rings. The normalized spacial score (nSPS) is 18.1. The van der Waals surface area contributed by atoms with Crippen LogP contribution in [-0.2, 0) is 4.79 Å². The number of hydrogen-bond acceptors (Lipinski definition) is 3. The van der Waals surface area contributed by atoms with Gasteiger partial charge in [0.25, 0.3) is 0 Å². The maximum absolute atomic E-state index is 11.9. The van der Waals surface area contributed by atoms with Gasteiger partial charge in [-0.05, 0) is 25.2 Å². The number of piperidine rings is 1. The van der Waals surface area contributed by atoms with E-state index in [-0.39, 0.29) is 12.0 Å². The number of aliphatic hydroxyl groups excluding tert-OH is 1. The van der Waals surface area contributed by atoms with E-state index in [4.69, 9.17) is 0 Å². The molecule has 2 N–H and O–H groups in total. The Bertz CT molecular complexity index is 236. The third-order valence-corrected chi connectivity index (χ3v) is 3.93. The van der Waals surface area contributed by atoms with Crippen LogP contribution in [0.15, 0.2) is 0 Å². The fourth-order valence-corrected chi connectivity index (χ4v) is 2.58. The fraction of sp³-hybridized carbons (Fsp3) is 0.929. The first-order chi connectivity index (χ1) is 8.69. The monoisotopic (exact) mass is 256 g/mol. The van der Waals surface area contributed by atoms with Crippen LogP contribution in [0.3, 0.4) is 0 Å². The molecule has 1 atom stereocenters. The molecule has 4 heteroatoms. The lowest BCUT2D eigenvalue weighted by Crippen LogP contribution is -2.43. The first-order valence-electron chi connectivity index (χ1n) is 7.35. The van der Waals surface area contributed by atoms with Gasteiger partial charge in [-0.15, -0.1) is 0 Å². The van der Waals surface area contributed by atoms with Crippen LogP contribution < -0.4 is 5.32 Å². The number of likely N-dealkylation sites (tertiary alicyclic amines) is 1. The summed E-state index contributed by atoms with van der Waals surface area (Å²) in [6.07, 6.45) is 5.13. The Morgan fingerprint density at radius 1 is 1.22 bits per heavy atom. The van der Waals surface area contributed by atoms with Gasteiger partial charge in [0.1, 0.15) is 0 Å². The maximum Gasteiger partial charge on any atom is 0.236 e. The fourth-order valence-electron chi connectivity index (χ4n) is 2.58. The van der Waals surface area contributed by atoms with E-state index >= 15 is 0 Å². The number of amides is 1. The number of carbonyl (C=O) groups is 1. The summed E-state index contributed by atoms with van der Waals surface area (Å²) in [6, 6.07) is 0. The third kappa shape index (κ3) is 4.94. The van der Waals surface area contributed by atoms with Crippen molar-refractivity contribution in [2.75, 3.05) is 26.2 Å². The van der Waals surface area contributed by atoms with Gasteiger partial charge in [0.15, 0.2) is 0 Å². The van der Waals surface area contributed by atoms with Crippen molar-refractivity contribution in [1.82, 2.24) is 10.2 Å². The second-order valence-electron chi connectivity index (χ2n) is 5.22. The molecule has 1 heterocycles. The molecule has 0 aromatic heterocycles. The highest BCUT2D eigenvalue weighted by atomic mass is 16.3. The number of carbonyl (C=O) groups excluding carboxylic acids is 1. The number of nitrogens with zero attached hydrogens (tertiary/aromatic N) is 1. The Morgan fingerprint density at radius 2 is 1.83 bits per heavy atom. The zero-order valence-electron chi connectivity index (χ0n) is 11.8.